The van der Waals surface area contributed by atoms with Crippen LogP contribution in [-0.2, 0) is 0 Å². The predicted molar refractivity (Wildman–Crippen MR) is 96.9 cm³/mol. The molecule has 1 aromatic carbocycles. The summed E-state index contributed by atoms with van der Waals surface area (Å²) in [6.07, 6.45) is 0. The first-order valence-corrected chi connectivity index (χ1v) is 7.89. The van der Waals surface area contributed by atoms with Crippen molar-refractivity contribution in [1.29, 1.82) is 0 Å². The van der Waals surface area contributed by atoms with Crippen molar-refractivity contribution >= 4 is 28.5 Å². The van der Waals surface area contributed by atoms with E-state index in [1.54, 1.807) is 20.8 Å². The third-order valence-electron chi connectivity index (χ3n) is 4.95. The predicted octanol–water partition coefficient (Wildman–Crippen LogP) is 2.46. The van der Waals surface area contributed by atoms with Gasteiger partial charge in [-0.25, -0.2) is 0 Å². The highest BCUT2D eigenvalue weighted by molar-refractivity contribution is 5.96. The summed E-state index contributed by atoms with van der Waals surface area (Å²) in [5.74, 6) is 0. The SMILES string of the molecule is CC1=[N+]([O-])C(C)(/C(C)=N\Nc2ccc([N+](=O)[O-])cc2[N+](=O)[O-])N(O)C1(C)C. The number of nitro benzene ring substituents is 2. The van der Waals surface area contributed by atoms with E-state index in [2.05, 4.69) is 10.5 Å². The van der Waals surface area contributed by atoms with Crippen LogP contribution in [0.1, 0.15) is 34.6 Å². The Kier molecular flexibility index (Phi) is 4.90. The van der Waals surface area contributed by atoms with E-state index < -0.39 is 32.4 Å². The molecule has 0 fully saturated rings. The van der Waals surface area contributed by atoms with Gasteiger partial charge in [-0.05, 0) is 26.8 Å². The van der Waals surface area contributed by atoms with Gasteiger partial charge in [0.05, 0.1) is 15.9 Å². The molecule has 12 heteroatoms. The molecule has 1 aliphatic rings. The summed E-state index contributed by atoms with van der Waals surface area (Å²) >= 11 is 0. The second-order valence-electron chi connectivity index (χ2n) is 6.80. The molecule has 0 saturated heterocycles. The molecule has 2 rings (SSSR count). The summed E-state index contributed by atoms with van der Waals surface area (Å²) in [6.45, 7) is 7.86. The monoisotopic (exact) mass is 380 g/mol. The number of nitro groups is 2. The van der Waals surface area contributed by atoms with Gasteiger partial charge in [-0.3, -0.25) is 25.7 Å². The standard InChI is InChI=1S/C15H20N6O6/c1-9(15(5)18(22)10(2)14(3,4)21(15)27)16-17-12-7-6-11(19(23)24)8-13(12)20(25)26/h6-8,17,27H,1-5H3/b16-9-. The molecule has 0 bridgehead atoms. The van der Waals surface area contributed by atoms with Gasteiger partial charge in [0.2, 0.25) is 0 Å². The summed E-state index contributed by atoms with van der Waals surface area (Å²) < 4.78 is 0.623. The van der Waals surface area contributed by atoms with Crippen LogP contribution in [0.5, 0.6) is 0 Å². The fourth-order valence-corrected chi connectivity index (χ4v) is 2.79. The van der Waals surface area contributed by atoms with E-state index in [1.165, 1.54) is 13.8 Å². The van der Waals surface area contributed by atoms with Crippen molar-refractivity contribution in [1.82, 2.24) is 5.06 Å². The minimum absolute atomic E-state index is 0.0894. The number of rotatable bonds is 5. The first-order valence-electron chi connectivity index (χ1n) is 7.89. The first kappa shape index (κ1) is 20.2. The smallest absolute Gasteiger partial charge is 0.301 e. The second-order valence-corrected chi connectivity index (χ2v) is 6.80. The lowest BCUT2D eigenvalue weighted by Crippen LogP contribution is -2.57. The maximum atomic E-state index is 12.6. The summed E-state index contributed by atoms with van der Waals surface area (Å²) in [5.41, 5.74) is -0.578. The van der Waals surface area contributed by atoms with Crippen molar-refractivity contribution in [2.45, 2.75) is 45.8 Å². The van der Waals surface area contributed by atoms with Gasteiger partial charge in [0.15, 0.2) is 5.71 Å². The third kappa shape index (κ3) is 3.08. The van der Waals surface area contributed by atoms with Crippen LogP contribution in [0.15, 0.2) is 23.3 Å². The van der Waals surface area contributed by atoms with E-state index in [-0.39, 0.29) is 11.4 Å². The largest absolute Gasteiger partial charge is 0.622 e. The molecule has 1 aromatic rings. The van der Waals surface area contributed by atoms with Gasteiger partial charge in [-0.1, -0.05) is 0 Å². The number of anilines is 1. The van der Waals surface area contributed by atoms with Crippen molar-refractivity contribution in [2.75, 3.05) is 5.43 Å². The van der Waals surface area contributed by atoms with Crippen LogP contribution in [-0.4, -0.2) is 47.5 Å². The minimum Gasteiger partial charge on any atom is -0.622 e. The number of hydrogen-bond donors (Lipinski definition) is 2. The molecule has 2 N–H and O–H groups in total. The molecule has 1 atom stereocenters. The molecule has 1 heterocycles. The fraction of sp³-hybridized carbons (Fsp3) is 0.467. The molecule has 27 heavy (non-hydrogen) atoms. The van der Waals surface area contributed by atoms with Gasteiger partial charge in [0.25, 0.3) is 11.4 Å². The quantitative estimate of drug-likeness (QED) is 0.259. The van der Waals surface area contributed by atoms with Crippen molar-refractivity contribution in [3.05, 3.63) is 43.6 Å². The van der Waals surface area contributed by atoms with E-state index >= 15 is 0 Å². The summed E-state index contributed by atoms with van der Waals surface area (Å²) in [7, 11) is 0. The Labute approximate surface area is 154 Å². The first-order chi connectivity index (χ1) is 12.3. The third-order valence-corrected chi connectivity index (χ3v) is 4.95. The maximum absolute atomic E-state index is 12.6. The lowest BCUT2D eigenvalue weighted by atomic mass is 9.99. The highest BCUT2D eigenvalue weighted by atomic mass is 16.6. The molecule has 1 unspecified atom stereocenters. The number of benzene rings is 1. The molecule has 0 aromatic heterocycles. The van der Waals surface area contributed by atoms with Crippen LogP contribution < -0.4 is 5.43 Å². The van der Waals surface area contributed by atoms with Crippen molar-refractivity contribution in [2.24, 2.45) is 5.10 Å². The summed E-state index contributed by atoms with van der Waals surface area (Å²) in [6, 6.07) is 3.05. The van der Waals surface area contributed by atoms with E-state index in [0.717, 1.165) is 23.3 Å². The maximum Gasteiger partial charge on any atom is 0.301 e. The van der Waals surface area contributed by atoms with E-state index in [4.69, 9.17) is 0 Å². The van der Waals surface area contributed by atoms with Crippen LogP contribution in [0, 0.1) is 25.4 Å². The highest BCUT2D eigenvalue weighted by Gasteiger charge is 2.59. The zero-order chi connectivity index (χ0) is 20.7. The molecule has 1 aliphatic heterocycles. The number of hydrogen-bond acceptors (Lipinski definition) is 9. The van der Waals surface area contributed by atoms with Crippen LogP contribution >= 0.6 is 0 Å². The van der Waals surface area contributed by atoms with Crippen LogP contribution in [0.25, 0.3) is 0 Å². The topological polar surface area (TPSA) is 160 Å². The Balaban J connectivity index is 2.42. The van der Waals surface area contributed by atoms with Gasteiger partial charge >= 0.3 is 5.69 Å². The Morgan fingerprint density at radius 3 is 2.30 bits per heavy atom. The second kappa shape index (κ2) is 6.55. The molecule has 0 aliphatic carbocycles. The van der Waals surface area contributed by atoms with E-state index in [9.17, 15) is 30.6 Å². The van der Waals surface area contributed by atoms with Gasteiger partial charge in [0.1, 0.15) is 16.9 Å². The van der Waals surface area contributed by atoms with Crippen molar-refractivity contribution in [3.8, 4) is 0 Å². The highest BCUT2D eigenvalue weighted by Crippen LogP contribution is 2.34. The molecule has 0 radical (unpaired) electrons. The zero-order valence-electron chi connectivity index (χ0n) is 15.5. The lowest BCUT2D eigenvalue weighted by Gasteiger charge is -2.32. The Bertz CT molecular complexity index is 880. The van der Waals surface area contributed by atoms with Gasteiger partial charge in [-0.2, -0.15) is 9.84 Å². The molecule has 146 valence electrons. The molecule has 0 amide bonds. The van der Waals surface area contributed by atoms with Crippen molar-refractivity contribution in [3.63, 3.8) is 0 Å². The van der Waals surface area contributed by atoms with E-state index in [1.807, 2.05) is 0 Å². The molecular weight excluding hydrogens is 360 g/mol. The number of hydrazone groups is 1. The number of nitrogens with one attached hydrogen (secondary N) is 1. The van der Waals surface area contributed by atoms with E-state index in [0.29, 0.717) is 10.5 Å². The minimum atomic E-state index is -1.53. The Morgan fingerprint density at radius 2 is 1.85 bits per heavy atom. The summed E-state index contributed by atoms with van der Waals surface area (Å²) in [4.78, 5) is 20.4. The van der Waals surface area contributed by atoms with Crippen molar-refractivity contribution < 1.29 is 19.8 Å². The number of non-ortho nitro benzene ring substituents is 1. The molecule has 0 spiro atoms. The fourth-order valence-electron chi connectivity index (χ4n) is 2.79. The normalized spacial score (nSPS) is 22.8. The molecular formula is C15H20N6O6. The molecule has 12 nitrogen and oxygen atoms in total. The number of hydroxylamine groups is 3. The van der Waals surface area contributed by atoms with Crippen LogP contribution in [0.3, 0.4) is 0 Å². The average molecular weight is 380 g/mol. The Hall–Kier alpha value is -3.12. The zero-order valence-corrected chi connectivity index (χ0v) is 15.5. The summed E-state index contributed by atoms with van der Waals surface area (Å²) in [5, 5.41) is 49.9. The molecule has 0 saturated carbocycles. The average Bonchev–Trinajstić information content (AvgIpc) is 2.73. The van der Waals surface area contributed by atoms with Gasteiger partial charge in [0, 0.05) is 19.9 Å². The van der Waals surface area contributed by atoms with Gasteiger partial charge < -0.3 is 10.4 Å². The van der Waals surface area contributed by atoms with Crippen LogP contribution in [0.4, 0.5) is 17.1 Å². The van der Waals surface area contributed by atoms with Gasteiger partial charge in [-0.15, -0.1) is 5.06 Å². The lowest BCUT2D eigenvalue weighted by molar-refractivity contribution is -0.561. The van der Waals surface area contributed by atoms with Crippen LogP contribution in [0.2, 0.25) is 0 Å². The number of nitrogens with zero attached hydrogens (tertiary/aromatic N) is 5. The Morgan fingerprint density at radius 1 is 1.26 bits per heavy atom.